The lowest BCUT2D eigenvalue weighted by atomic mass is 10.5. The van der Waals surface area contributed by atoms with Gasteiger partial charge in [0.25, 0.3) is 5.56 Å². The molecule has 0 saturated heterocycles. The average molecular weight is 154 g/mol. The molecule has 56 valence electrons. The minimum atomic E-state index is -0.667. The summed E-state index contributed by atoms with van der Waals surface area (Å²) >= 11 is 0. The smallest absolute Gasteiger partial charge is 0.280 e. The first-order valence-electron chi connectivity index (χ1n) is 2.86. The lowest BCUT2D eigenvalue weighted by Crippen LogP contribution is -2.11. The van der Waals surface area contributed by atoms with E-state index in [4.69, 9.17) is 0 Å². The first kappa shape index (κ1) is 6.02. The van der Waals surface area contributed by atoms with Gasteiger partial charge in [0.15, 0.2) is 11.3 Å². The van der Waals surface area contributed by atoms with Crippen LogP contribution in [0, 0.1) is 5.82 Å². The van der Waals surface area contributed by atoms with Gasteiger partial charge in [0.2, 0.25) is 0 Å². The standard InChI is InChI=1S/C5H3FN4O/c6-3-1-8-10-4(3)5(11)7-2-9-10/h1-2H,(H,7,9,11). The van der Waals surface area contributed by atoms with Gasteiger partial charge in [0, 0.05) is 0 Å². The summed E-state index contributed by atoms with van der Waals surface area (Å²) in [4.78, 5) is 13.1. The van der Waals surface area contributed by atoms with Gasteiger partial charge >= 0.3 is 0 Å². The molecular weight excluding hydrogens is 151 g/mol. The number of nitrogens with zero attached hydrogens (tertiary/aromatic N) is 3. The molecule has 0 aliphatic heterocycles. The minimum absolute atomic E-state index is 0.160. The number of H-pyrrole nitrogens is 1. The maximum atomic E-state index is 12.7. The molecule has 0 aromatic carbocycles. The molecule has 0 bridgehead atoms. The van der Waals surface area contributed by atoms with Crippen LogP contribution in [0.15, 0.2) is 17.3 Å². The van der Waals surface area contributed by atoms with Crippen LogP contribution in [0.5, 0.6) is 0 Å². The van der Waals surface area contributed by atoms with E-state index in [9.17, 15) is 9.18 Å². The van der Waals surface area contributed by atoms with Crippen LogP contribution in [0.3, 0.4) is 0 Å². The Balaban J connectivity index is 3.08. The molecule has 0 unspecified atom stereocenters. The van der Waals surface area contributed by atoms with Crippen molar-refractivity contribution in [3.05, 3.63) is 28.7 Å². The van der Waals surface area contributed by atoms with Crippen molar-refractivity contribution < 1.29 is 4.39 Å². The maximum absolute atomic E-state index is 12.7. The number of fused-ring (bicyclic) bond motifs is 1. The molecule has 6 heteroatoms. The normalized spacial score (nSPS) is 10.6. The van der Waals surface area contributed by atoms with E-state index >= 15 is 0 Å². The Morgan fingerprint density at radius 2 is 2.36 bits per heavy atom. The van der Waals surface area contributed by atoms with Gasteiger partial charge in [-0.3, -0.25) is 4.79 Å². The minimum Gasteiger partial charge on any atom is -0.310 e. The number of hydrogen-bond acceptors (Lipinski definition) is 3. The van der Waals surface area contributed by atoms with E-state index in [1.165, 1.54) is 0 Å². The van der Waals surface area contributed by atoms with Crippen molar-refractivity contribution in [3.8, 4) is 0 Å². The highest BCUT2D eigenvalue weighted by Gasteiger charge is 2.06. The SMILES string of the molecule is O=c1[nH]cnn2ncc(F)c12. The summed E-state index contributed by atoms with van der Waals surface area (Å²) in [5.41, 5.74) is -0.692. The average Bonchev–Trinajstić information content (AvgIpc) is 2.34. The Morgan fingerprint density at radius 3 is 3.09 bits per heavy atom. The third kappa shape index (κ3) is 0.721. The Kier molecular flexibility index (Phi) is 1.03. The van der Waals surface area contributed by atoms with Crippen molar-refractivity contribution in [1.82, 2.24) is 19.8 Å². The number of rotatable bonds is 0. The van der Waals surface area contributed by atoms with Crippen molar-refractivity contribution in [2.24, 2.45) is 0 Å². The van der Waals surface area contributed by atoms with Crippen molar-refractivity contribution in [3.63, 3.8) is 0 Å². The van der Waals surface area contributed by atoms with Crippen LogP contribution in [-0.2, 0) is 0 Å². The highest BCUT2D eigenvalue weighted by molar-refractivity contribution is 5.42. The zero-order valence-electron chi connectivity index (χ0n) is 5.28. The van der Waals surface area contributed by atoms with E-state index in [1.54, 1.807) is 0 Å². The molecule has 2 aromatic rings. The first-order valence-corrected chi connectivity index (χ1v) is 2.86. The van der Waals surface area contributed by atoms with Crippen molar-refractivity contribution in [2.45, 2.75) is 0 Å². The topological polar surface area (TPSA) is 63.0 Å². The summed E-state index contributed by atoms with van der Waals surface area (Å²) in [5, 5.41) is 7.06. The van der Waals surface area contributed by atoms with Crippen molar-refractivity contribution in [2.75, 3.05) is 0 Å². The third-order valence-electron chi connectivity index (χ3n) is 1.28. The molecule has 0 radical (unpaired) electrons. The molecule has 0 spiro atoms. The van der Waals surface area contributed by atoms with E-state index < -0.39 is 11.4 Å². The van der Waals surface area contributed by atoms with E-state index in [0.29, 0.717) is 0 Å². The predicted octanol–water partition coefficient (Wildman–Crippen LogP) is -0.443. The molecule has 1 N–H and O–H groups in total. The van der Waals surface area contributed by atoms with Gasteiger partial charge in [0.05, 0.1) is 6.20 Å². The van der Waals surface area contributed by atoms with Crippen molar-refractivity contribution in [1.29, 1.82) is 0 Å². The van der Waals surface area contributed by atoms with Gasteiger partial charge in [-0.25, -0.2) is 4.39 Å². The summed E-state index contributed by atoms with van der Waals surface area (Å²) in [7, 11) is 0. The first-order chi connectivity index (χ1) is 5.29. The van der Waals surface area contributed by atoms with Crippen LogP contribution < -0.4 is 5.56 Å². The van der Waals surface area contributed by atoms with Crippen molar-refractivity contribution >= 4 is 5.52 Å². The third-order valence-corrected chi connectivity index (χ3v) is 1.28. The van der Waals surface area contributed by atoms with E-state index in [0.717, 1.165) is 17.2 Å². The predicted molar refractivity (Wildman–Crippen MR) is 33.6 cm³/mol. The van der Waals surface area contributed by atoms with Gasteiger partial charge in [-0.1, -0.05) is 0 Å². The van der Waals surface area contributed by atoms with Gasteiger partial charge in [-0.15, -0.1) is 9.73 Å². The van der Waals surface area contributed by atoms with E-state index in [1.807, 2.05) is 0 Å². The quantitative estimate of drug-likeness (QED) is 0.559. The molecule has 0 aliphatic rings. The molecule has 0 atom stereocenters. The Hall–Kier alpha value is -1.72. The van der Waals surface area contributed by atoms with Crippen LogP contribution in [0.25, 0.3) is 5.52 Å². The zero-order chi connectivity index (χ0) is 7.84. The van der Waals surface area contributed by atoms with Gasteiger partial charge in [-0.05, 0) is 0 Å². The summed E-state index contributed by atoms with van der Waals surface area (Å²) < 4.78 is 13.6. The summed E-state index contributed by atoms with van der Waals surface area (Å²) in [6.45, 7) is 0. The molecule has 2 rings (SSSR count). The van der Waals surface area contributed by atoms with Crippen LogP contribution in [0.1, 0.15) is 0 Å². The van der Waals surface area contributed by atoms with E-state index in [-0.39, 0.29) is 5.52 Å². The largest absolute Gasteiger partial charge is 0.310 e. The van der Waals surface area contributed by atoms with Crippen LogP contribution >= 0.6 is 0 Å². The summed E-state index contributed by atoms with van der Waals surface area (Å²) in [6, 6.07) is 0. The van der Waals surface area contributed by atoms with Crippen LogP contribution in [0.4, 0.5) is 4.39 Å². The molecule has 2 aromatic heterocycles. The number of nitrogens with one attached hydrogen (secondary N) is 1. The second-order valence-electron chi connectivity index (χ2n) is 1.95. The molecule has 0 fully saturated rings. The highest BCUT2D eigenvalue weighted by atomic mass is 19.1. The molecule has 5 nitrogen and oxygen atoms in total. The molecular formula is C5H3FN4O. The second kappa shape index (κ2) is 1.88. The zero-order valence-corrected chi connectivity index (χ0v) is 5.28. The summed E-state index contributed by atoms with van der Waals surface area (Å²) in [5.74, 6) is -0.667. The molecule has 0 amide bonds. The number of aromatic nitrogens is 4. The van der Waals surface area contributed by atoms with Gasteiger partial charge < -0.3 is 4.98 Å². The fourth-order valence-electron chi connectivity index (χ4n) is 0.817. The Bertz CT molecular complexity index is 445. The number of halogens is 1. The lowest BCUT2D eigenvalue weighted by Gasteiger charge is -1.86. The van der Waals surface area contributed by atoms with Gasteiger partial charge in [0.1, 0.15) is 6.33 Å². The highest BCUT2D eigenvalue weighted by Crippen LogP contribution is 1.98. The number of hydrogen-bond donors (Lipinski definition) is 1. The van der Waals surface area contributed by atoms with Gasteiger partial charge in [-0.2, -0.15) is 5.10 Å². The summed E-state index contributed by atoms with van der Waals surface area (Å²) in [6.07, 6.45) is 2.10. The molecule has 0 aliphatic carbocycles. The Morgan fingerprint density at radius 1 is 1.55 bits per heavy atom. The maximum Gasteiger partial charge on any atom is 0.280 e. The Labute approximate surface area is 59.5 Å². The fraction of sp³-hybridized carbons (Fsp3) is 0. The molecule has 11 heavy (non-hydrogen) atoms. The van der Waals surface area contributed by atoms with E-state index in [2.05, 4.69) is 15.2 Å². The second-order valence-corrected chi connectivity index (χ2v) is 1.95. The lowest BCUT2D eigenvalue weighted by molar-refractivity contribution is 0.636. The van der Waals surface area contributed by atoms with Crippen LogP contribution in [-0.4, -0.2) is 19.8 Å². The number of aromatic amines is 1. The molecule has 0 saturated carbocycles. The fourth-order valence-corrected chi connectivity index (χ4v) is 0.817. The monoisotopic (exact) mass is 154 g/mol. The van der Waals surface area contributed by atoms with Crippen LogP contribution in [0.2, 0.25) is 0 Å². The molecule has 2 heterocycles.